The summed E-state index contributed by atoms with van der Waals surface area (Å²) in [6.07, 6.45) is 1.29. The van der Waals surface area contributed by atoms with Crippen molar-refractivity contribution in [2.75, 3.05) is 0 Å². The van der Waals surface area contributed by atoms with Crippen LogP contribution < -0.4 is 0 Å². The van der Waals surface area contributed by atoms with Gasteiger partial charge in [0.25, 0.3) is 0 Å². The summed E-state index contributed by atoms with van der Waals surface area (Å²) in [5.74, 6) is -0.508. The molecule has 0 aromatic carbocycles. The van der Waals surface area contributed by atoms with Crippen molar-refractivity contribution in [3.05, 3.63) is 34.2 Å². The van der Waals surface area contributed by atoms with E-state index in [1.54, 1.807) is 19.1 Å². The first-order valence-electron chi connectivity index (χ1n) is 4.43. The molecule has 0 amide bonds. The van der Waals surface area contributed by atoms with Gasteiger partial charge in [-0.15, -0.1) is 0 Å². The molecule has 2 aromatic heterocycles. The second kappa shape index (κ2) is 3.86. The van der Waals surface area contributed by atoms with E-state index in [1.807, 2.05) is 0 Å². The van der Waals surface area contributed by atoms with Gasteiger partial charge in [0.2, 0.25) is 0 Å². The van der Waals surface area contributed by atoms with E-state index in [2.05, 4.69) is 15.3 Å². The number of H-pyrrole nitrogens is 1. The predicted molar refractivity (Wildman–Crippen MR) is 58.2 cm³/mol. The maximum atomic E-state index is 10.8. The minimum Gasteiger partial charge on any atom is -0.478 e. The highest BCUT2D eigenvalue weighted by molar-refractivity contribution is 7.71. The van der Waals surface area contributed by atoms with E-state index >= 15 is 0 Å². The quantitative estimate of drug-likeness (QED) is 0.768. The normalized spacial score (nSPS) is 10.3. The van der Waals surface area contributed by atoms with E-state index in [0.29, 0.717) is 16.2 Å². The van der Waals surface area contributed by atoms with Crippen molar-refractivity contribution < 1.29 is 9.90 Å². The van der Waals surface area contributed by atoms with Gasteiger partial charge < -0.3 is 5.11 Å². The molecule has 0 radical (unpaired) electrons. The molecule has 6 nitrogen and oxygen atoms in total. The Morgan fingerprint density at radius 1 is 1.56 bits per heavy atom. The molecule has 2 aromatic rings. The smallest absolute Gasteiger partial charge is 0.339 e. The number of nitrogens with zero attached hydrogens (tertiary/aromatic N) is 3. The minimum absolute atomic E-state index is 0.157. The first-order valence-corrected chi connectivity index (χ1v) is 4.84. The standard InChI is InChI=1S/C9H8N4O2S/c1-5-6(9(14)15)4-10-13(5)7-2-3-8(16)12-11-7/h2-4H,1H3,(H,12,16)(H,14,15). The predicted octanol–water partition coefficient (Wildman–Crippen LogP) is 1.33. The molecular formula is C9H8N4O2S. The third-order valence-electron chi connectivity index (χ3n) is 2.12. The maximum Gasteiger partial charge on any atom is 0.339 e. The average molecular weight is 236 g/mol. The topological polar surface area (TPSA) is 83.8 Å². The van der Waals surface area contributed by atoms with E-state index in [9.17, 15) is 4.79 Å². The van der Waals surface area contributed by atoms with Crippen LogP contribution in [0.15, 0.2) is 18.3 Å². The Kier molecular flexibility index (Phi) is 2.53. The van der Waals surface area contributed by atoms with Crippen molar-refractivity contribution in [3.8, 4) is 5.82 Å². The maximum absolute atomic E-state index is 10.8. The summed E-state index contributed by atoms with van der Waals surface area (Å²) in [7, 11) is 0. The van der Waals surface area contributed by atoms with Crippen LogP contribution in [-0.2, 0) is 0 Å². The van der Waals surface area contributed by atoms with Gasteiger partial charge in [-0.25, -0.2) is 9.48 Å². The van der Waals surface area contributed by atoms with Gasteiger partial charge in [0, 0.05) is 0 Å². The van der Waals surface area contributed by atoms with Gasteiger partial charge in [-0.2, -0.15) is 10.2 Å². The molecule has 82 valence electrons. The molecule has 2 N–H and O–H groups in total. The molecule has 0 saturated heterocycles. The van der Waals surface area contributed by atoms with Crippen molar-refractivity contribution in [2.45, 2.75) is 6.92 Å². The number of carbonyl (C=O) groups is 1. The van der Waals surface area contributed by atoms with Crippen LogP contribution in [0, 0.1) is 11.6 Å². The zero-order chi connectivity index (χ0) is 11.7. The summed E-state index contributed by atoms with van der Waals surface area (Å²) < 4.78 is 1.95. The molecule has 7 heteroatoms. The van der Waals surface area contributed by atoms with E-state index in [4.69, 9.17) is 17.3 Å². The Morgan fingerprint density at radius 3 is 2.81 bits per heavy atom. The number of aromatic amines is 1. The first-order chi connectivity index (χ1) is 7.59. The molecule has 0 unspecified atom stereocenters. The second-order valence-corrected chi connectivity index (χ2v) is 3.58. The number of nitrogens with one attached hydrogen (secondary N) is 1. The number of hydrogen-bond acceptors (Lipinski definition) is 4. The molecule has 2 rings (SSSR count). The average Bonchev–Trinajstić information content (AvgIpc) is 2.61. The monoisotopic (exact) mass is 236 g/mol. The number of rotatable bonds is 2. The molecule has 16 heavy (non-hydrogen) atoms. The van der Waals surface area contributed by atoms with Gasteiger partial charge in [0.15, 0.2) is 5.82 Å². The lowest BCUT2D eigenvalue weighted by Gasteiger charge is -2.02. The Balaban J connectivity index is 2.53. The van der Waals surface area contributed by atoms with Gasteiger partial charge >= 0.3 is 5.97 Å². The van der Waals surface area contributed by atoms with Crippen LogP contribution in [0.1, 0.15) is 16.1 Å². The molecule has 0 fully saturated rings. The first kappa shape index (κ1) is 10.5. The van der Waals surface area contributed by atoms with Crippen molar-refractivity contribution in [3.63, 3.8) is 0 Å². The highest BCUT2D eigenvalue weighted by atomic mass is 32.1. The molecule has 0 atom stereocenters. The summed E-state index contributed by atoms with van der Waals surface area (Å²) in [6.45, 7) is 1.67. The van der Waals surface area contributed by atoms with Crippen LogP contribution in [-0.4, -0.2) is 31.1 Å². The van der Waals surface area contributed by atoms with E-state index < -0.39 is 5.97 Å². The lowest BCUT2D eigenvalue weighted by atomic mass is 10.3. The molecule has 0 aliphatic carbocycles. The second-order valence-electron chi connectivity index (χ2n) is 3.14. The van der Waals surface area contributed by atoms with Gasteiger partial charge in [0.05, 0.1) is 11.9 Å². The molecule has 0 aliphatic heterocycles. The zero-order valence-electron chi connectivity index (χ0n) is 8.34. The number of carboxylic acid groups (broad SMARTS) is 1. The SMILES string of the molecule is Cc1c(C(=O)O)cnn1-c1ccc(=S)[nH]n1. The number of aromatic nitrogens is 4. The fourth-order valence-corrected chi connectivity index (χ4v) is 1.42. The summed E-state index contributed by atoms with van der Waals surface area (Å²) in [5, 5.41) is 19.4. The van der Waals surface area contributed by atoms with Crippen LogP contribution >= 0.6 is 12.2 Å². The van der Waals surface area contributed by atoms with E-state index in [0.717, 1.165) is 0 Å². The third kappa shape index (κ3) is 1.72. The lowest BCUT2D eigenvalue weighted by Crippen LogP contribution is -2.04. The molecule has 0 aliphatic rings. The summed E-state index contributed by atoms with van der Waals surface area (Å²) in [6, 6.07) is 3.34. The molecule has 0 saturated carbocycles. The fourth-order valence-electron chi connectivity index (χ4n) is 1.31. The minimum atomic E-state index is -1.01. The number of aromatic carboxylic acids is 1. The van der Waals surface area contributed by atoms with Crippen LogP contribution in [0.25, 0.3) is 5.82 Å². The van der Waals surface area contributed by atoms with Crippen molar-refractivity contribution in [1.29, 1.82) is 0 Å². The van der Waals surface area contributed by atoms with E-state index in [1.165, 1.54) is 10.9 Å². The van der Waals surface area contributed by atoms with Gasteiger partial charge in [-0.05, 0) is 19.1 Å². The Morgan fingerprint density at radius 2 is 2.31 bits per heavy atom. The Hall–Kier alpha value is -2.02. The van der Waals surface area contributed by atoms with Gasteiger partial charge in [-0.3, -0.25) is 5.10 Å². The van der Waals surface area contributed by atoms with Gasteiger partial charge in [0.1, 0.15) is 10.2 Å². The Labute approximate surface area is 95.5 Å². The number of hydrogen-bond donors (Lipinski definition) is 2. The molecule has 0 spiro atoms. The zero-order valence-corrected chi connectivity index (χ0v) is 9.15. The molecule has 0 bridgehead atoms. The lowest BCUT2D eigenvalue weighted by molar-refractivity contribution is 0.0696. The highest BCUT2D eigenvalue weighted by Crippen LogP contribution is 2.11. The highest BCUT2D eigenvalue weighted by Gasteiger charge is 2.14. The summed E-state index contributed by atoms with van der Waals surface area (Å²) in [4.78, 5) is 10.8. The van der Waals surface area contributed by atoms with Crippen molar-refractivity contribution in [2.24, 2.45) is 0 Å². The number of carboxylic acids is 1. The largest absolute Gasteiger partial charge is 0.478 e. The third-order valence-corrected chi connectivity index (χ3v) is 2.35. The van der Waals surface area contributed by atoms with Gasteiger partial charge in [-0.1, -0.05) is 12.2 Å². The molecule has 2 heterocycles. The van der Waals surface area contributed by atoms with Crippen LogP contribution in [0.2, 0.25) is 0 Å². The van der Waals surface area contributed by atoms with Crippen molar-refractivity contribution in [1.82, 2.24) is 20.0 Å². The molecular weight excluding hydrogens is 228 g/mol. The summed E-state index contributed by atoms with van der Waals surface area (Å²) in [5.41, 5.74) is 0.676. The van der Waals surface area contributed by atoms with Crippen LogP contribution in [0.5, 0.6) is 0 Å². The van der Waals surface area contributed by atoms with E-state index in [-0.39, 0.29) is 5.56 Å². The fraction of sp³-hybridized carbons (Fsp3) is 0.111. The Bertz CT molecular complexity index is 581. The summed E-state index contributed by atoms with van der Waals surface area (Å²) >= 11 is 4.86. The van der Waals surface area contributed by atoms with Crippen LogP contribution in [0.4, 0.5) is 0 Å². The van der Waals surface area contributed by atoms with Crippen molar-refractivity contribution >= 4 is 18.2 Å². The van der Waals surface area contributed by atoms with Crippen LogP contribution in [0.3, 0.4) is 0 Å².